The van der Waals surface area contributed by atoms with Gasteiger partial charge in [-0.2, -0.15) is 4.68 Å². The number of fused-ring (bicyclic) bond motifs is 1. The molecule has 6 heteroatoms. The molecule has 83 valence electrons. The monoisotopic (exact) mass is 226 g/mol. The average Bonchev–Trinajstić information content (AvgIpc) is 2.83. The lowest BCUT2D eigenvalue weighted by atomic mass is 10.3. The van der Waals surface area contributed by atoms with Gasteiger partial charge in [-0.3, -0.25) is 0 Å². The molecular weight excluding hydrogens is 218 g/mol. The number of rotatable bonds is 2. The van der Waals surface area contributed by atoms with Gasteiger partial charge in [0.2, 0.25) is 0 Å². The van der Waals surface area contributed by atoms with Crippen LogP contribution in [0.15, 0.2) is 30.5 Å². The molecule has 3 aromatic rings. The van der Waals surface area contributed by atoms with Crippen LogP contribution in [0.25, 0.3) is 16.9 Å². The fourth-order valence-electron chi connectivity index (χ4n) is 1.54. The van der Waals surface area contributed by atoms with Crippen LogP contribution in [-0.2, 0) is 0 Å². The SMILES string of the molecule is COc1ccc(-n2nnc3cn[c]nc32)cc1. The van der Waals surface area contributed by atoms with Crippen molar-refractivity contribution in [3.05, 3.63) is 36.8 Å². The predicted molar refractivity (Wildman–Crippen MR) is 59.8 cm³/mol. The summed E-state index contributed by atoms with van der Waals surface area (Å²) < 4.78 is 6.73. The largest absolute Gasteiger partial charge is 0.497 e. The van der Waals surface area contributed by atoms with Gasteiger partial charge in [-0.1, -0.05) is 5.21 Å². The van der Waals surface area contributed by atoms with Gasteiger partial charge in [-0.15, -0.1) is 5.10 Å². The molecular formula is C11H8N5O. The zero-order chi connectivity index (χ0) is 11.7. The van der Waals surface area contributed by atoms with Crippen molar-refractivity contribution in [2.45, 2.75) is 0 Å². The summed E-state index contributed by atoms with van der Waals surface area (Å²) in [4.78, 5) is 7.81. The highest BCUT2D eigenvalue weighted by atomic mass is 16.5. The second kappa shape index (κ2) is 3.82. The van der Waals surface area contributed by atoms with Crippen molar-refractivity contribution in [3.63, 3.8) is 0 Å². The molecule has 0 N–H and O–H groups in total. The van der Waals surface area contributed by atoms with Gasteiger partial charge in [-0.05, 0) is 24.3 Å². The molecule has 0 spiro atoms. The van der Waals surface area contributed by atoms with Gasteiger partial charge >= 0.3 is 0 Å². The summed E-state index contributed by atoms with van der Waals surface area (Å²) in [5.74, 6) is 0.791. The maximum absolute atomic E-state index is 5.10. The highest BCUT2D eigenvalue weighted by Gasteiger charge is 2.07. The van der Waals surface area contributed by atoms with E-state index in [0.29, 0.717) is 11.2 Å². The lowest BCUT2D eigenvalue weighted by Crippen LogP contribution is -1.98. The Hall–Kier alpha value is -2.50. The Balaban J connectivity index is 2.13. The van der Waals surface area contributed by atoms with E-state index >= 15 is 0 Å². The maximum Gasteiger partial charge on any atom is 0.199 e. The van der Waals surface area contributed by atoms with E-state index in [4.69, 9.17) is 4.74 Å². The zero-order valence-corrected chi connectivity index (χ0v) is 9.03. The standard InChI is InChI=1S/C11H8N5O/c1-17-9-4-2-8(3-5-9)16-11-10(14-15-16)6-12-7-13-11/h2-6H,1H3. The highest BCUT2D eigenvalue weighted by molar-refractivity contribution is 5.69. The van der Waals surface area contributed by atoms with Crippen molar-refractivity contribution in [2.24, 2.45) is 0 Å². The number of hydrogen-bond acceptors (Lipinski definition) is 5. The van der Waals surface area contributed by atoms with E-state index in [9.17, 15) is 0 Å². The molecule has 3 rings (SSSR count). The number of nitrogens with zero attached hydrogens (tertiary/aromatic N) is 5. The van der Waals surface area contributed by atoms with Gasteiger partial charge < -0.3 is 4.74 Å². The normalized spacial score (nSPS) is 10.6. The van der Waals surface area contributed by atoms with E-state index in [1.807, 2.05) is 24.3 Å². The summed E-state index contributed by atoms with van der Waals surface area (Å²) in [6, 6.07) is 7.48. The summed E-state index contributed by atoms with van der Waals surface area (Å²) in [5, 5.41) is 8.00. The van der Waals surface area contributed by atoms with Gasteiger partial charge in [0.25, 0.3) is 0 Å². The molecule has 0 bridgehead atoms. The second-order valence-corrected chi connectivity index (χ2v) is 3.38. The minimum atomic E-state index is 0.630. The first-order chi connectivity index (χ1) is 8.38. The van der Waals surface area contributed by atoms with E-state index < -0.39 is 0 Å². The lowest BCUT2D eigenvalue weighted by Gasteiger charge is -2.02. The van der Waals surface area contributed by atoms with Gasteiger partial charge in [0.15, 0.2) is 17.5 Å². The molecule has 17 heavy (non-hydrogen) atoms. The van der Waals surface area contributed by atoms with Crippen molar-refractivity contribution < 1.29 is 4.74 Å². The van der Waals surface area contributed by atoms with Crippen LogP contribution in [0.5, 0.6) is 5.75 Å². The molecule has 0 aliphatic rings. The predicted octanol–water partition coefficient (Wildman–Crippen LogP) is 1.02. The van der Waals surface area contributed by atoms with E-state index in [1.54, 1.807) is 18.0 Å². The Kier molecular flexibility index (Phi) is 2.18. The average molecular weight is 226 g/mol. The molecule has 0 unspecified atom stereocenters. The second-order valence-electron chi connectivity index (χ2n) is 3.38. The van der Waals surface area contributed by atoms with Gasteiger partial charge in [-0.25, -0.2) is 9.97 Å². The lowest BCUT2D eigenvalue weighted by molar-refractivity contribution is 0.414. The topological polar surface area (TPSA) is 65.7 Å². The third-order valence-corrected chi connectivity index (χ3v) is 2.39. The quantitative estimate of drug-likeness (QED) is 0.652. The number of benzene rings is 1. The summed E-state index contributed by atoms with van der Waals surface area (Å²) >= 11 is 0. The first-order valence-electron chi connectivity index (χ1n) is 4.97. The summed E-state index contributed by atoms with van der Waals surface area (Å²) in [6.07, 6.45) is 4.11. The first-order valence-corrected chi connectivity index (χ1v) is 4.97. The minimum Gasteiger partial charge on any atom is -0.497 e. The number of methoxy groups -OCH3 is 1. The fourth-order valence-corrected chi connectivity index (χ4v) is 1.54. The summed E-state index contributed by atoms with van der Waals surface area (Å²) in [6.45, 7) is 0. The molecule has 0 saturated carbocycles. The maximum atomic E-state index is 5.10. The van der Waals surface area contributed by atoms with Crippen molar-refractivity contribution in [1.29, 1.82) is 0 Å². The first kappa shape index (κ1) is 9.71. The van der Waals surface area contributed by atoms with Gasteiger partial charge in [0.05, 0.1) is 19.0 Å². The molecule has 0 aliphatic heterocycles. The van der Waals surface area contributed by atoms with Crippen LogP contribution in [0.1, 0.15) is 0 Å². The van der Waals surface area contributed by atoms with Crippen molar-refractivity contribution in [2.75, 3.05) is 7.11 Å². The molecule has 0 saturated heterocycles. The van der Waals surface area contributed by atoms with Crippen molar-refractivity contribution in [1.82, 2.24) is 25.0 Å². The van der Waals surface area contributed by atoms with Crippen LogP contribution in [0, 0.1) is 6.33 Å². The molecule has 6 nitrogen and oxygen atoms in total. The van der Waals surface area contributed by atoms with E-state index in [2.05, 4.69) is 26.6 Å². The molecule has 0 aliphatic carbocycles. The third kappa shape index (κ3) is 1.59. The smallest absolute Gasteiger partial charge is 0.199 e. The van der Waals surface area contributed by atoms with Crippen LogP contribution in [-0.4, -0.2) is 32.1 Å². The van der Waals surface area contributed by atoms with E-state index in [0.717, 1.165) is 11.4 Å². The van der Waals surface area contributed by atoms with Crippen LogP contribution in [0.2, 0.25) is 0 Å². The fraction of sp³-hybridized carbons (Fsp3) is 0.0909. The molecule has 1 radical (unpaired) electrons. The van der Waals surface area contributed by atoms with Crippen LogP contribution >= 0.6 is 0 Å². The van der Waals surface area contributed by atoms with Crippen LogP contribution in [0.4, 0.5) is 0 Å². The molecule has 0 amide bonds. The molecule has 1 aromatic carbocycles. The zero-order valence-electron chi connectivity index (χ0n) is 9.03. The number of aromatic nitrogens is 5. The van der Waals surface area contributed by atoms with Gasteiger partial charge in [0, 0.05) is 0 Å². The number of hydrogen-bond donors (Lipinski definition) is 0. The highest BCUT2D eigenvalue weighted by Crippen LogP contribution is 2.16. The Bertz CT molecular complexity index is 646. The van der Waals surface area contributed by atoms with Gasteiger partial charge in [0.1, 0.15) is 5.75 Å². The molecule has 2 heterocycles. The molecule has 0 fully saturated rings. The van der Waals surface area contributed by atoms with E-state index in [-0.39, 0.29) is 0 Å². The summed E-state index contributed by atoms with van der Waals surface area (Å²) in [5.41, 5.74) is 2.13. The van der Waals surface area contributed by atoms with Crippen LogP contribution in [0.3, 0.4) is 0 Å². The molecule has 0 atom stereocenters. The van der Waals surface area contributed by atoms with Crippen LogP contribution < -0.4 is 4.74 Å². The summed E-state index contributed by atoms with van der Waals surface area (Å²) in [7, 11) is 1.63. The Morgan fingerprint density at radius 3 is 2.82 bits per heavy atom. The Labute approximate surface area is 96.9 Å². The number of ether oxygens (including phenoxy) is 1. The van der Waals surface area contributed by atoms with E-state index in [1.165, 1.54) is 0 Å². The Morgan fingerprint density at radius 1 is 1.24 bits per heavy atom. The molecule has 2 aromatic heterocycles. The Morgan fingerprint density at radius 2 is 2.06 bits per heavy atom. The third-order valence-electron chi connectivity index (χ3n) is 2.39. The van der Waals surface area contributed by atoms with Crippen molar-refractivity contribution >= 4 is 11.2 Å². The van der Waals surface area contributed by atoms with Crippen molar-refractivity contribution in [3.8, 4) is 11.4 Å². The minimum absolute atomic E-state index is 0.630.